The van der Waals surface area contributed by atoms with E-state index in [1.54, 1.807) is 0 Å². The Hall–Kier alpha value is -0.0500. The summed E-state index contributed by atoms with van der Waals surface area (Å²) in [6.07, 6.45) is 6.43. The molecule has 0 aliphatic heterocycles. The number of nitrogens with one attached hydrogen (secondary N) is 1. The fourth-order valence-electron chi connectivity index (χ4n) is 2.19. The van der Waals surface area contributed by atoms with Gasteiger partial charge in [-0.1, -0.05) is 56.0 Å². The van der Waals surface area contributed by atoms with Gasteiger partial charge in [0.2, 0.25) is 5.91 Å². The van der Waals surface area contributed by atoms with Gasteiger partial charge in [0.15, 0.2) is 0 Å². The van der Waals surface area contributed by atoms with Crippen molar-refractivity contribution >= 4 is 21.8 Å². The molecule has 1 N–H and O–H groups in total. The number of rotatable bonds is 3. The molecule has 2 nitrogen and oxygen atoms in total. The number of alkyl halides is 1. The monoisotopic (exact) mass is 289 g/mol. The summed E-state index contributed by atoms with van der Waals surface area (Å²) in [7, 11) is 0. The third kappa shape index (κ3) is 3.76. The van der Waals surface area contributed by atoms with Crippen LogP contribution in [0, 0.1) is 10.8 Å². The molecular weight excluding hydrogens is 266 g/mol. The lowest BCUT2D eigenvalue weighted by Crippen LogP contribution is -2.44. The van der Waals surface area contributed by atoms with Gasteiger partial charge in [0.25, 0.3) is 0 Å². The Labute approximate surface area is 108 Å². The third-order valence-electron chi connectivity index (χ3n) is 3.50. The maximum atomic E-state index is 11.8. The first-order valence-corrected chi connectivity index (χ1v) is 7.36. The van der Waals surface area contributed by atoms with Crippen LogP contribution in [0.2, 0.25) is 0 Å². The molecule has 3 heteroatoms. The number of hydrogen-bond acceptors (Lipinski definition) is 1. The van der Waals surface area contributed by atoms with Crippen molar-refractivity contribution in [2.75, 3.05) is 11.9 Å². The SMILES string of the molecule is CC(C)(C)C(=O)NCC1(CBr)CCCCC1. The van der Waals surface area contributed by atoms with Crippen molar-refractivity contribution in [3.63, 3.8) is 0 Å². The number of carbonyl (C=O) groups is 1. The predicted octanol–water partition coefficient (Wildman–Crippen LogP) is 3.49. The highest BCUT2D eigenvalue weighted by Gasteiger charge is 2.32. The number of halogens is 1. The van der Waals surface area contributed by atoms with E-state index in [1.165, 1.54) is 32.1 Å². The summed E-state index contributed by atoms with van der Waals surface area (Å²) in [5, 5.41) is 4.12. The van der Waals surface area contributed by atoms with Crippen molar-refractivity contribution in [3.8, 4) is 0 Å². The van der Waals surface area contributed by atoms with E-state index in [0.717, 1.165) is 11.9 Å². The average molecular weight is 290 g/mol. The summed E-state index contributed by atoms with van der Waals surface area (Å²) < 4.78 is 0. The lowest BCUT2D eigenvalue weighted by atomic mass is 9.75. The molecule has 0 atom stereocenters. The van der Waals surface area contributed by atoms with Crippen LogP contribution in [-0.4, -0.2) is 17.8 Å². The Morgan fingerprint density at radius 2 is 1.81 bits per heavy atom. The molecule has 1 amide bonds. The molecule has 94 valence electrons. The quantitative estimate of drug-likeness (QED) is 0.792. The molecular formula is C13H24BrNO. The van der Waals surface area contributed by atoms with Crippen LogP contribution in [0.1, 0.15) is 52.9 Å². The summed E-state index contributed by atoms with van der Waals surface area (Å²) >= 11 is 3.62. The first-order valence-electron chi connectivity index (χ1n) is 6.24. The zero-order valence-corrected chi connectivity index (χ0v) is 12.3. The van der Waals surface area contributed by atoms with Crippen LogP contribution in [0.15, 0.2) is 0 Å². The van der Waals surface area contributed by atoms with E-state index >= 15 is 0 Å². The highest BCUT2D eigenvalue weighted by atomic mass is 79.9. The summed E-state index contributed by atoms with van der Waals surface area (Å²) in [6, 6.07) is 0. The Balaban J connectivity index is 2.48. The van der Waals surface area contributed by atoms with Crippen LogP contribution in [0.5, 0.6) is 0 Å². The third-order valence-corrected chi connectivity index (χ3v) is 4.69. The zero-order valence-electron chi connectivity index (χ0n) is 10.7. The van der Waals surface area contributed by atoms with E-state index in [1.807, 2.05) is 20.8 Å². The van der Waals surface area contributed by atoms with Crippen molar-refractivity contribution in [2.45, 2.75) is 52.9 Å². The molecule has 0 unspecified atom stereocenters. The van der Waals surface area contributed by atoms with E-state index < -0.39 is 0 Å². The summed E-state index contributed by atoms with van der Waals surface area (Å²) in [6.45, 7) is 6.71. The molecule has 16 heavy (non-hydrogen) atoms. The van der Waals surface area contributed by atoms with Gasteiger partial charge in [0, 0.05) is 17.3 Å². The van der Waals surface area contributed by atoms with E-state index in [-0.39, 0.29) is 11.3 Å². The topological polar surface area (TPSA) is 29.1 Å². The summed E-state index contributed by atoms with van der Waals surface area (Å²) in [5.41, 5.74) is 0.0291. The maximum absolute atomic E-state index is 11.8. The largest absolute Gasteiger partial charge is 0.355 e. The molecule has 0 heterocycles. The first kappa shape index (κ1) is 14.0. The van der Waals surface area contributed by atoms with Gasteiger partial charge in [0.1, 0.15) is 0 Å². The Bertz CT molecular complexity index is 239. The zero-order chi connectivity index (χ0) is 12.2. The maximum Gasteiger partial charge on any atom is 0.225 e. The molecule has 0 aromatic carbocycles. The Kier molecular flexibility index (Phi) is 4.84. The molecule has 1 fully saturated rings. The van der Waals surface area contributed by atoms with Gasteiger partial charge in [-0.3, -0.25) is 4.79 Å². The molecule has 1 rings (SSSR count). The second-order valence-electron chi connectivity index (χ2n) is 6.13. The number of carbonyl (C=O) groups excluding carboxylic acids is 1. The van der Waals surface area contributed by atoms with E-state index in [4.69, 9.17) is 0 Å². The lowest BCUT2D eigenvalue weighted by molar-refractivity contribution is -0.129. The lowest BCUT2D eigenvalue weighted by Gasteiger charge is -2.36. The van der Waals surface area contributed by atoms with Crippen molar-refractivity contribution < 1.29 is 4.79 Å². The van der Waals surface area contributed by atoms with Gasteiger partial charge in [-0.2, -0.15) is 0 Å². The van der Waals surface area contributed by atoms with Gasteiger partial charge >= 0.3 is 0 Å². The average Bonchev–Trinajstić information content (AvgIpc) is 2.26. The van der Waals surface area contributed by atoms with Gasteiger partial charge in [-0.25, -0.2) is 0 Å². The van der Waals surface area contributed by atoms with Crippen molar-refractivity contribution in [2.24, 2.45) is 10.8 Å². The van der Waals surface area contributed by atoms with Gasteiger partial charge in [0.05, 0.1) is 0 Å². The standard InChI is InChI=1S/C13H24BrNO/c1-12(2,3)11(16)15-10-13(9-14)7-5-4-6-8-13/h4-10H2,1-3H3,(H,15,16). The molecule has 0 saturated heterocycles. The Morgan fingerprint density at radius 3 is 2.25 bits per heavy atom. The summed E-state index contributed by atoms with van der Waals surface area (Å²) in [5.74, 6) is 0.165. The molecule has 1 aliphatic rings. The second-order valence-corrected chi connectivity index (χ2v) is 6.69. The van der Waals surface area contributed by atoms with Crippen molar-refractivity contribution in [1.29, 1.82) is 0 Å². The van der Waals surface area contributed by atoms with Crippen LogP contribution in [0.25, 0.3) is 0 Å². The molecule has 0 aromatic rings. The Morgan fingerprint density at radius 1 is 1.25 bits per heavy atom. The molecule has 0 bridgehead atoms. The minimum Gasteiger partial charge on any atom is -0.355 e. The first-order chi connectivity index (χ1) is 7.40. The molecule has 0 aromatic heterocycles. The minimum absolute atomic E-state index is 0.165. The highest BCUT2D eigenvalue weighted by molar-refractivity contribution is 9.09. The van der Waals surface area contributed by atoms with Crippen LogP contribution in [-0.2, 0) is 4.79 Å². The van der Waals surface area contributed by atoms with Crippen LogP contribution >= 0.6 is 15.9 Å². The molecule has 1 aliphatic carbocycles. The van der Waals surface area contributed by atoms with Gasteiger partial charge in [-0.05, 0) is 18.3 Å². The fraction of sp³-hybridized carbons (Fsp3) is 0.923. The normalized spacial score (nSPS) is 20.5. The van der Waals surface area contributed by atoms with Gasteiger partial charge in [-0.15, -0.1) is 0 Å². The second kappa shape index (κ2) is 5.52. The van der Waals surface area contributed by atoms with E-state index in [9.17, 15) is 4.79 Å². The number of hydrogen-bond donors (Lipinski definition) is 1. The predicted molar refractivity (Wildman–Crippen MR) is 71.8 cm³/mol. The van der Waals surface area contributed by atoms with Crippen LogP contribution < -0.4 is 5.32 Å². The van der Waals surface area contributed by atoms with Crippen molar-refractivity contribution in [1.82, 2.24) is 5.32 Å². The highest BCUT2D eigenvalue weighted by Crippen LogP contribution is 2.37. The fourth-order valence-corrected chi connectivity index (χ4v) is 2.95. The van der Waals surface area contributed by atoms with Gasteiger partial charge < -0.3 is 5.32 Å². The van der Waals surface area contributed by atoms with Crippen LogP contribution in [0.3, 0.4) is 0 Å². The van der Waals surface area contributed by atoms with Crippen molar-refractivity contribution in [3.05, 3.63) is 0 Å². The molecule has 0 spiro atoms. The number of amides is 1. The molecule has 0 radical (unpaired) electrons. The summed E-state index contributed by atoms with van der Waals surface area (Å²) in [4.78, 5) is 11.8. The molecule has 1 saturated carbocycles. The van der Waals surface area contributed by atoms with Crippen LogP contribution in [0.4, 0.5) is 0 Å². The smallest absolute Gasteiger partial charge is 0.225 e. The minimum atomic E-state index is -0.276. The van der Waals surface area contributed by atoms with E-state index in [2.05, 4.69) is 21.2 Å². The van der Waals surface area contributed by atoms with E-state index in [0.29, 0.717) is 5.41 Å².